The van der Waals surface area contributed by atoms with Gasteiger partial charge in [0.25, 0.3) is 0 Å². The molecule has 4 fully saturated rings. The van der Waals surface area contributed by atoms with Crippen LogP contribution in [0.3, 0.4) is 0 Å². The van der Waals surface area contributed by atoms with Crippen molar-refractivity contribution in [3.8, 4) is 6.07 Å². The first-order valence-electron chi connectivity index (χ1n) is 11.0. The van der Waals surface area contributed by atoms with Crippen LogP contribution >= 0.6 is 0 Å². The standard InChI is InChI=1S/C23H29N5O2/c1-13-3-5-15(6-4-13)14(2)27-18-9-21(23(27)30)26(11-18)12-19(25)22(29)28-17(10-24)7-16-8-20(16)28/h3-6,14,16-21H,7-9,11-12,25H2,1-2H3/t14-,16?,17+,18?,19+,20+,21+/m1/s1. The molecule has 5 rings (SSSR count). The van der Waals surface area contributed by atoms with Gasteiger partial charge in [-0.1, -0.05) is 29.8 Å². The normalized spacial score (nSPS) is 34.1. The van der Waals surface area contributed by atoms with E-state index in [0.717, 1.165) is 31.4 Å². The zero-order valence-corrected chi connectivity index (χ0v) is 17.6. The van der Waals surface area contributed by atoms with Crippen LogP contribution in [0.15, 0.2) is 24.3 Å². The van der Waals surface area contributed by atoms with Crippen molar-refractivity contribution in [2.45, 2.75) is 69.4 Å². The van der Waals surface area contributed by atoms with Crippen LogP contribution in [0.25, 0.3) is 0 Å². The van der Waals surface area contributed by atoms with Crippen LogP contribution in [0.4, 0.5) is 0 Å². The molecule has 7 atom stereocenters. The van der Waals surface area contributed by atoms with Gasteiger partial charge in [0.1, 0.15) is 6.04 Å². The number of carbonyl (C=O) groups excluding carboxylic acids is 2. The van der Waals surface area contributed by atoms with Gasteiger partial charge in [0.05, 0.1) is 24.2 Å². The fourth-order valence-electron chi connectivity index (χ4n) is 5.82. The Hall–Kier alpha value is -2.43. The van der Waals surface area contributed by atoms with E-state index in [1.54, 1.807) is 4.90 Å². The Morgan fingerprint density at radius 3 is 2.67 bits per heavy atom. The summed E-state index contributed by atoms with van der Waals surface area (Å²) in [6.07, 6.45) is 2.57. The van der Waals surface area contributed by atoms with Crippen molar-refractivity contribution in [2.24, 2.45) is 11.7 Å². The molecule has 3 aliphatic heterocycles. The zero-order valence-electron chi connectivity index (χ0n) is 17.6. The van der Waals surface area contributed by atoms with Crippen LogP contribution < -0.4 is 5.73 Å². The summed E-state index contributed by atoms with van der Waals surface area (Å²) >= 11 is 0. The molecular formula is C23H29N5O2. The van der Waals surface area contributed by atoms with Crippen molar-refractivity contribution >= 4 is 11.8 Å². The van der Waals surface area contributed by atoms with E-state index in [9.17, 15) is 14.9 Å². The molecule has 7 nitrogen and oxygen atoms in total. The van der Waals surface area contributed by atoms with Gasteiger partial charge in [-0.05, 0) is 44.6 Å². The molecule has 0 aromatic heterocycles. The lowest BCUT2D eigenvalue weighted by atomic mass is 10.0. The molecule has 1 aromatic carbocycles. The topological polar surface area (TPSA) is 93.7 Å². The number of nitrogens with two attached hydrogens (primary N) is 1. The lowest BCUT2D eigenvalue weighted by Gasteiger charge is -2.38. The van der Waals surface area contributed by atoms with E-state index in [4.69, 9.17) is 5.73 Å². The molecule has 7 heteroatoms. The predicted octanol–water partition coefficient (Wildman–Crippen LogP) is 1.18. The van der Waals surface area contributed by atoms with Crippen molar-refractivity contribution in [1.29, 1.82) is 5.26 Å². The molecule has 3 saturated heterocycles. The second-order valence-electron chi connectivity index (χ2n) is 9.49. The van der Waals surface area contributed by atoms with Crippen LogP contribution in [0.2, 0.25) is 0 Å². The molecule has 2 N–H and O–H groups in total. The van der Waals surface area contributed by atoms with Crippen LogP contribution in [0.5, 0.6) is 0 Å². The Balaban J connectivity index is 1.23. The van der Waals surface area contributed by atoms with Gasteiger partial charge in [0.15, 0.2) is 0 Å². The van der Waals surface area contributed by atoms with Crippen LogP contribution in [-0.4, -0.2) is 69.8 Å². The maximum absolute atomic E-state index is 13.1. The van der Waals surface area contributed by atoms with Crippen molar-refractivity contribution in [3.63, 3.8) is 0 Å². The molecular weight excluding hydrogens is 378 g/mol. The molecule has 1 aliphatic carbocycles. The number of hydrogen-bond acceptors (Lipinski definition) is 5. The van der Waals surface area contributed by atoms with Gasteiger partial charge in [-0.25, -0.2) is 0 Å². The number of benzene rings is 1. The first-order valence-corrected chi connectivity index (χ1v) is 11.0. The summed E-state index contributed by atoms with van der Waals surface area (Å²) in [5, 5.41) is 9.36. The largest absolute Gasteiger partial charge is 0.330 e. The highest BCUT2D eigenvalue weighted by Crippen LogP contribution is 2.48. The summed E-state index contributed by atoms with van der Waals surface area (Å²) in [7, 11) is 0. The zero-order chi connectivity index (χ0) is 21.2. The quantitative estimate of drug-likeness (QED) is 0.791. The molecule has 1 aromatic rings. The molecule has 30 heavy (non-hydrogen) atoms. The SMILES string of the molecule is Cc1ccc([C@@H](C)N2C(=O)[C@@H]3CC2CN3C[C@H](N)C(=O)N2[C@H](C#N)CC3C[C@@H]32)cc1. The average molecular weight is 408 g/mol. The number of piperazine rings is 1. The monoisotopic (exact) mass is 407 g/mol. The van der Waals surface area contributed by atoms with Crippen molar-refractivity contribution in [3.05, 3.63) is 35.4 Å². The summed E-state index contributed by atoms with van der Waals surface area (Å²) in [6.45, 7) is 5.28. The molecule has 2 unspecified atom stereocenters. The van der Waals surface area contributed by atoms with E-state index in [-0.39, 0.29) is 42.0 Å². The van der Waals surface area contributed by atoms with Gasteiger partial charge in [0.2, 0.25) is 11.8 Å². The van der Waals surface area contributed by atoms with Gasteiger partial charge < -0.3 is 15.5 Å². The first-order chi connectivity index (χ1) is 14.4. The maximum Gasteiger partial charge on any atom is 0.242 e. The number of piperidine rings is 1. The van der Waals surface area contributed by atoms with Gasteiger partial charge in [-0.3, -0.25) is 14.5 Å². The number of likely N-dealkylation sites (tertiary alicyclic amines) is 3. The predicted molar refractivity (Wildman–Crippen MR) is 111 cm³/mol. The molecule has 2 amide bonds. The van der Waals surface area contributed by atoms with Crippen LogP contribution in [0, 0.1) is 24.2 Å². The van der Waals surface area contributed by atoms with E-state index >= 15 is 0 Å². The number of fused-ring (bicyclic) bond motifs is 3. The average Bonchev–Trinajstić information content (AvgIpc) is 3.07. The summed E-state index contributed by atoms with van der Waals surface area (Å²) in [5.74, 6) is 0.482. The molecule has 0 radical (unpaired) electrons. The summed E-state index contributed by atoms with van der Waals surface area (Å²) in [6, 6.07) is 9.79. The number of carbonyl (C=O) groups is 2. The van der Waals surface area contributed by atoms with Crippen LogP contribution in [0.1, 0.15) is 43.4 Å². The highest BCUT2D eigenvalue weighted by Gasteiger charge is 2.56. The molecule has 0 spiro atoms. The van der Waals surface area contributed by atoms with Crippen molar-refractivity contribution in [1.82, 2.24) is 14.7 Å². The molecule has 2 bridgehead atoms. The second-order valence-corrected chi connectivity index (χ2v) is 9.49. The summed E-state index contributed by atoms with van der Waals surface area (Å²) in [4.78, 5) is 31.9. The maximum atomic E-state index is 13.1. The van der Waals surface area contributed by atoms with Gasteiger partial charge >= 0.3 is 0 Å². The minimum absolute atomic E-state index is 0.0401. The third-order valence-electron chi connectivity index (χ3n) is 7.55. The third kappa shape index (κ3) is 3.01. The lowest BCUT2D eigenvalue weighted by molar-refractivity contribution is -0.141. The van der Waals surface area contributed by atoms with E-state index in [0.29, 0.717) is 12.5 Å². The van der Waals surface area contributed by atoms with Crippen molar-refractivity contribution in [2.75, 3.05) is 13.1 Å². The Bertz CT molecular complexity index is 909. The molecule has 1 saturated carbocycles. The lowest BCUT2D eigenvalue weighted by Crippen LogP contribution is -2.57. The first kappa shape index (κ1) is 19.5. The number of amides is 2. The van der Waals surface area contributed by atoms with Gasteiger partial charge in [-0.2, -0.15) is 5.26 Å². The highest BCUT2D eigenvalue weighted by molar-refractivity contribution is 5.87. The van der Waals surface area contributed by atoms with Gasteiger partial charge in [0, 0.05) is 25.2 Å². The molecule has 158 valence electrons. The van der Waals surface area contributed by atoms with E-state index in [2.05, 4.69) is 49.1 Å². The Morgan fingerprint density at radius 2 is 2.00 bits per heavy atom. The smallest absolute Gasteiger partial charge is 0.242 e. The van der Waals surface area contributed by atoms with E-state index in [1.807, 2.05) is 4.90 Å². The number of nitriles is 1. The minimum Gasteiger partial charge on any atom is -0.330 e. The van der Waals surface area contributed by atoms with Crippen LogP contribution in [-0.2, 0) is 9.59 Å². The summed E-state index contributed by atoms with van der Waals surface area (Å²) < 4.78 is 0. The van der Waals surface area contributed by atoms with Gasteiger partial charge in [-0.15, -0.1) is 0 Å². The third-order valence-corrected chi connectivity index (χ3v) is 7.55. The van der Waals surface area contributed by atoms with E-state index in [1.165, 1.54) is 5.56 Å². The fraction of sp³-hybridized carbons (Fsp3) is 0.609. The number of aryl methyl sites for hydroxylation is 1. The molecule has 4 aliphatic rings. The number of nitrogens with zero attached hydrogens (tertiary/aromatic N) is 4. The second kappa shape index (κ2) is 7.07. The minimum atomic E-state index is -0.685. The summed E-state index contributed by atoms with van der Waals surface area (Å²) in [5.41, 5.74) is 8.64. The van der Waals surface area contributed by atoms with E-state index < -0.39 is 6.04 Å². The number of rotatable bonds is 5. The highest BCUT2D eigenvalue weighted by atomic mass is 16.2. The Morgan fingerprint density at radius 1 is 1.27 bits per heavy atom. The molecule has 3 heterocycles. The number of hydrogen-bond donors (Lipinski definition) is 1. The Labute approximate surface area is 177 Å². The Kier molecular flexibility index (Phi) is 4.60. The van der Waals surface area contributed by atoms with Crippen molar-refractivity contribution < 1.29 is 9.59 Å². The fourth-order valence-corrected chi connectivity index (χ4v) is 5.82.